The molecule has 5 nitrogen and oxygen atoms in total. The predicted molar refractivity (Wildman–Crippen MR) is 103 cm³/mol. The largest absolute Gasteiger partial charge is 0.494 e. The third-order valence-corrected chi connectivity index (χ3v) is 5.47. The number of nitrogens with one attached hydrogen (secondary N) is 1. The SMILES string of the molecule is CCOc1ccc(CC(CNC(=O)C(C)(C)c2cccs2)C(=O)O)cc1. The first-order valence-electron chi connectivity index (χ1n) is 8.61. The molecule has 1 aromatic heterocycles. The van der Waals surface area contributed by atoms with Gasteiger partial charge in [0.2, 0.25) is 5.91 Å². The van der Waals surface area contributed by atoms with Crippen LogP contribution in [0, 0.1) is 5.92 Å². The maximum Gasteiger partial charge on any atom is 0.308 e. The lowest BCUT2D eigenvalue weighted by Gasteiger charge is -2.23. The second-order valence-electron chi connectivity index (χ2n) is 6.63. The fourth-order valence-corrected chi connectivity index (χ4v) is 3.45. The quantitative estimate of drug-likeness (QED) is 0.703. The van der Waals surface area contributed by atoms with Gasteiger partial charge in [-0.2, -0.15) is 0 Å². The van der Waals surface area contributed by atoms with E-state index in [9.17, 15) is 14.7 Å². The molecule has 1 unspecified atom stereocenters. The Bertz CT molecular complexity index is 723. The standard InChI is InChI=1S/C20H25NO4S/c1-4-25-16-9-7-14(8-10-16)12-15(18(22)23)13-21-19(24)20(2,3)17-6-5-11-26-17/h5-11,15H,4,12-13H2,1-3H3,(H,21,24)(H,22,23). The minimum absolute atomic E-state index is 0.0934. The fourth-order valence-electron chi connectivity index (χ4n) is 2.60. The van der Waals surface area contributed by atoms with E-state index in [4.69, 9.17) is 4.74 Å². The van der Waals surface area contributed by atoms with E-state index in [1.54, 1.807) is 0 Å². The van der Waals surface area contributed by atoms with E-state index in [1.807, 2.05) is 62.5 Å². The van der Waals surface area contributed by atoms with Gasteiger partial charge < -0.3 is 15.2 Å². The summed E-state index contributed by atoms with van der Waals surface area (Å²) in [4.78, 5) is 25.1. The summed E-state index contributed by atoms with van der Waals surface area (Å²) in [5.41, 5.74) is 0.212. The van der Waals surface area contributed by atoms with E-state index >= 15 is 0 Å². The number of hydrogen-bond acceptors (Lipinski definition) is 4. The summed E-state index contributed by atoms with van der Waals surface area (Å²) in [6.45, 7) is 6.28. The van der Waals surface area contributed by atoms with Crippen LogP contribution in [0.25, 0.3) is 0 Å². The van der Waals surface area contributed by atoms with Crippen molar-refractivity contribution in [2.75, 3.05) is 13.2 Å². The number of carboxylic acids is 1. The van der Waals surface area contributed by atoms with Crippen molar-refractivity contribution in [3.8, 4) is 5.75 Å². The highest BCUT2D eigenvalue weighted by Gasteiger charge is 2.31. The van der Waals surface area contributed by atoms with Gasteiger partial charge in [0.15, 0.2) is 0 Å². The lowest BCUT2D eigenvalue weighted by atomic mass is 9.90. The molecule has 1 aromatic carbocycles. The fraction of sp³-hybridized carbons (Fsp3) is 0.400. The number of thiophene rings is 1. The average molecular weight is 375 g/mol. The molecule has 0 saturated heterocycles. The first-order chi connectivity index (χ1) is 12.3. The normalized spacial score (nSPS) is 12.4. The Balaban J connectivity index is 1.97. The second-order valence-corrected chi connectivity index (χ2v) is 7.58. The first kappa shape index (κ1) is 20.0. The zero-order chi connectivity index (χ0) is 19.2. The Morgan fingerprint density at radius 1 is 1.23 bits per heavy atom. The molecule has 0 fully saturated rings. The van der Waals surface area contributed by atoms with Crippen LogP contribution in [0.5, 0.6) is 5.75 Å². The van der Waals surface area contributed by atoms with Crippen LogP contribution in [-0.2, 0) is 21.4 Å². The molecule has 0 bridgehead atoms. The Morgan fingerprint density at radius 3 is 2.46 bits per heavy atom. The zero-order valence-electron chi connectivity index (χ0n) is 15.3. The van der Waals surface area contributed by atoms with Crippen LogP contribution in [0.4, 0.5) is 0 Å². The summed E-state index contributed by atoms with van der Waals surface area (Å²) < 4.78 is 5.39. The van der Waals surface area contributed by atoms with E-state index in [-0.39, 0.29) is 12.5 Å². The summed E-state index contributed by atoms with van der Waals surface area (Å²) in [6, 6.07) is 11.2. The van der Waals surface area contributed by atoms with Gasteiger partial charge in [-0.3, -0.25) is 9.59 Å². The van der Waals surface area contributed by atoms with Crippen molar-refractivity contribution in [1.82, 2.24) is 5.32 Å². The van der Waals surface area contributed by atoms with Gasteiger partial charge in [-0.1, -0.05) is 18.2 Å². The smallest absolute Gasteiger partial charge is 0.308 e. The number of hydrogen-bond donors (Lipinski definition) is 2. The maximum atomic E-state index is 12.5. The molecule has 0 aliphatic carbocycles. The van der Waals surface area contributed by atoms with Crippen molar-refractivity contribution in [1.29, 1.82) is 0 Å². The van der Waals surface area contributed by atoms with Crippen molar-refractivity contribution in [2.45, 2.75) is 32.6 Å². The topological polar surface area (TPSA) is 75.6 Å². The molecule has 1 heterocycles. The van der Waals surface area contributed by atoms with Crippen molar-refractivity contribution >= 4 is 23.2 Å². The Morgan fingerprint density at radius 2 is 1.92 bits per heavy atom. The predicted octanol–water partition coefficient (Wildman–Crippen LogP) is 3.48. The Hall–Kier alpha value is -2.34. The summed E-state index contributed by atoms with van der Waals surface area (Å²) >= 11 is 1.52. The highest BCUT2D eigenvalue weighted by atomic mass is 32.1. The van der Waals surface area contributed by atoms with Crippen molar-refractivity contribution in [2.24, 2.45) is 5.92 Å². The minimum Gasteiger partial charge on any atom is -0.494 e. The number of aliphatic carboxylic acids is 1. The number of carbonyl (C=O) groups excluding carboxylic acids is 1. The molecule has 1 amide bonds. The van der Waals surface area contributed by atoms with E-state index < -0.39 is 17.3 Å². The average Bonchev–Trinajstić information content (AvgIpc) is 3.15. The van der Waals surface area contributed by atoms with Crippen LogP contribution in [0.1, 0.15) is 31.2 Å². The van der Waals surface area contributed by atoms with E-state index in [1.165, 1.54) is 11.3 Å². The molecule has 26 heavy (non-hydrogen) atoms. The molecule has 2 rings (SSSR count). The lowest BCUT2D eigenvalue weighted by molar-refractivity contribution is -0.141. The first-order valence-corrected chi connectivity index (χ1v) is 9.49. The number of carbonyl (C=O) groups is 2. The lowest BCUT2D eigenvalue weighted by Crippen LogP contribution is -2.43. The maximum absolute atomic E-state index is 12.5. The molecule has 0 radical (unpaired) electrons. The van der Waals surface area contributed by atoms with Gasteiger partial charge in [0.1, 0.15) is 5.75 Å². The summed E-state index contributed by atoms with van der Waals surface area (Å²) in [5, 5.41) is 14.2. The Labute approximate surface area is 158 Å². The molecule has 1 atom stereocenters. The highest BCUT2D eigenvalue weighted by Crippen LogP contribution is 2.27. The van der Waals surface area contributed by atoms with Crippen LogP contribution < -0.4 is 10.1 Å². The molecule has 0 saturated carbocycles. The highest BCUT2D eigenvalue weighted by molar-refractivity contribution is 7.10. The van der Waals surface area contributed by atoms with E-state index in [2.05, 4.69) is 5.32 Å². The summed E-state index contributed by atoms with van der Waals surface area (Å²) in [5.74, 6) is -1.02. The zero-order valence-corrected chi connectivity index (χ0v) is 16.1. The third-order valence-electron chi connectivity index (χ3n) is 4.28. The third kappa shape index (κ3) is 5.08. The van der Waals surface area contributed by atoms with Crippen molar-refractivity contribution < 1.29 is 19.4 Å². The number of ether oxygens (including phenoxy) is 1. The molecule has 6 heteroatoms. The molecular weight excluding hydrogens is 350 g/mol. The summed E-state index contributed by atoms with van der Waals surface area (Å²) in [6.07, 6.45) is 0.349. The molecule has 0 aliphatic rings. The molecule has 0 aliphatic heterocycles. The number of carboxylic acid groups (broad SMARTS) is 1. The van der Waals surface area contributed by atoms with Crippen LogP contribution in [-0.4, -0.2) is 30.1 Å². The van der Waals surface area contributed by atoms with Crippen LogP contribution in [0.15, 0.2) is 41.8 Å². The monoisotopic (exact) mass is 375 g/mol. The molecule has 2 aromatic rings. The number of amides is 1. The van der Waals surface area contributed by atoms with Crippen molar-refractivity contribution in [3.05, 3.63) is 52.2 Å². The molecular formula is C20H25NO4S. The van der Waals surface area contributed by atoms with Gasteiger partial charge in [0, 0.05) is 11.4 Å². The molecule has 140 valence electrons. The van der Waals surface area contributed by atoms with Crippen molar-refractivity contribution in [3.63, 3.8) is 0 Å². The Kier molecular flexibility index (Phi) is 6.80. The van der Waals surface area contributed by atoms with Gasteiger partial charge >= 0.3 is 5.97 Å². The van der Waals surface area contributed by atoms with Gasteiger partial charge in [-0.15, -0.1) is 11.3 Å². The van der Waals surface area contributed by atoms with Gasteiger partial charge in [0.05, 0.1) is 17.9 Å². The molecule has 2 N–H and O–H groups in total. The minimum atomic E-state index is -0.923. The number of rotatable bonds is 9. The van der Waals surface area contributed by atoms with Gasteiger partial charge in [0.25, 0.3) is 0 Å². The van der Waals surface area contributed by atoms with Gasteiger partial charge in [-0.05, 0) is 56.3 Å². The van der Waals surface area contributed by atoms with Crippen LogP contribution in [0.3, 0.4) is 0 Å². The number of benzene rings is 1. The van der Waals surface area contributed by atoms with E-state index in [0.29, 0.717) is 13.0 Å². The summed E-state index contributed by atoms with van der Waals surface area (Å²) in [7, 11) is 0. The van der Waals surface area contributed by atoms with Gasteiger partial charge in [-0.25, -0.2) is 0 Å². The van der Waals surface area contributed by atoms with E-state index in [0.717, 1.165) is 16.2 Å². The second kappa shape index (κ2) is 8.85. The van der Waals surface area contributed by atoms with Crippen LogP contribution >= 0.6 is 11.3 Å². The molecule has 0 spiro atoms. The van der Waals surface area contributed by atoms with Crippen LogP contribution in [0.2, 0.25) is 0 Å².